The summed E-state index contributed by atoms with van der Waals surface area (Å²) in [6.07, 6.45) is 0. The summed E-state index contributed by atoms with van der Waals surface area (Å²) in [5.41, 5.74) is 0.830. The van der Waals surface area contributed by atoms with E-state index in [0.29, 0.717) is 21.8 Å². The molecule has 0 unspecified atom stereocenters. The minimum absolute atomic E-state index is 0.151. The monoisotopic (exact) mass is 287 g/mol. The molecule has 0 atom stereocenters. The highest BCUT2D eigenvalue weighted by Crippen LogP contribution is 2.26. The van der Waals surface area contributed by atoms with Gasteiger partial charge in [0.2, 0.25) is 0 Å². The van der Waals surface area contributed by atoms with Crippen molar-refractivity contribution in [1.29, 1.82) is 0 Å². The molecule has 0 bridgehead atoms. The van der Waals surface area contributed by atoms with E-state index in [1.165, 1.54) is 23.9 Å². The van der Waals surface area contributed by atoms with Crippen molar-refractivity contribution in [3.8, 4) is 0 Å². The van der Waals surface area contributed by atoms with Crippen LogP contribution < -0.4 is 0 Å². The van der Waals surface area contributed by atoms with Gasteiger partial charge in [-0.25, -0.2) is 4.39 Å². The average molecular weight is 288 g/mol. The number of aromatic nitrogens is 3. The molecule has 0 aliphatic carbocycles. The van der Waals surface area contributed by atoms with Crippen LogP contribution in [-0.2, 0) is 19.4 Å². The van der Waals surface area contributed by atoms with E-state index in [-0.39, 0.29) is 12.4 Å². The Morgan fingerprint density at radius 2 is 2.22 bits per heavy atom. The van der Waals surface area contributed by atoms with E-state index in [0.717, 1.165) is 5.56 Å². The van der Waals surface area contributed by atoms with Crippen molar-refractivity contribution in [2.45, 2.75) is 17.5 Å². The molecule has 0 saturated heterocycles. The maximum Gasteiger partial charge on any atom is 0.191 e. The first-order valence-corrected chi connectivity index (χ1v) is 6.54. The molecule has 96 valence electrons. The van der Waals surface area contributed by atoms with E-state index in [2.05, 4.69) is 10.2 Å². The van der Waals surface area contributed by atoms with Crippen LogP contribution >= 0.6 is 23.4 Å². The third-order valence-corrected chi connectivity index (χ3v) is 3.86. The van der Waals surface area contributed by atoms with Crippen LogP contribution in [0.3, 0.4) is 0 Å². The second kappa shape index (κ2) is 5.69. The Bertz CT molecular complexity index is 561. The molecule has 4 nitrogen and oxygen atoms in total. The average Bonchev–Trinajstić information content (AvgIpc) is 2.69. The minimum Gasteiger partial charge on any atom is -0.388 e. The summed E-state index contributed by atoms with van der Waals surface area (Å²) >= 11 is 7.36. The Balaban J connectivity index is 2.09. The molecule has 0 aliphatic heterocycles. The summed E-state index contributed by atoms with van der Waals surface area (Å²) in [6, 6.07) is 4.30. The van der Waals surface area contributed by atoms with E-state index in [1.807, 2.05) is 0 Å². The lowest BCUT2D eigenvalue weighted by Crippen LogP contribution is -1.98. The molecule has 18 heavy (non-hydrogen) atoms. The van der Waals surface area contributed by atoms with Crippen LogP contribution in [0.5, 0.6) is 0 Å². The van der Waals surface area contributed by atoms with Crippen LogP contribution in [0.15, 0.2) is 23.4 Å². The van der Waals surface area contributed by atoms with Crippen molar-refractivity contribution in [1.82, 2.24) is 14.8 Å². The standard InChI is InChI=1S/C11H11ClFN3OS/c1-16-10(5-17)14-15-11(16)18-6-7-2-3-8(13)4-9(7)12/h2-4,17H,5-6H2,1H3. The number of nitrogens with zero attached hydrogens (tertiary/aromatic N) is 3. The molecule has 0 saturated carbocycles. The van der Waals surface area contributed by atoms with Crippen molar-refractivity contribution in [3.63, 3.8) is 0 Å². The zero-order chi connectivity index (χ0) is 13.1. The topological polar surface area (TPSA) is 50.9 Å². The Kier molecular flexibility index (Phi) is 4.21. The lowest BCUT2D eigenvalue weighted by Gasteiger charge is -2.04. The molecule has 0 aliphatic rings. The molecule has 1 aromatic heterocycles. The molecule has 1 N–H and O–H groups in total. The van der Waals surface area contributed by atoms with Crippen LogP contribution in [0.2, 0.25) is 5.02 Å². The maximum absolute atomic E-state index is 12.9. The third-order valence-electron chi connectivity index (χ3n) is 2.44. The molecular formula is C11H11ClFN3OS. The minimum atomic E-state index is -0.352. The summed E-state index contributed by atoms with van der Waals surface area (Å²) in [4.78, 5) is 0. The second-order valence-electron chi connectivity index (χ2n) is 3.64. The fraction of sp³-hybridized carbons (Fsp3) is 0.273. The molecule has 0 radical (unpaired) electrons. The smallest absolute Gasteiger partial charge is 0.191 e. The molecule has 7 heteroatoms. The lowest BCUT2D eigenvalue weighted by molar-refractivity contribution is 0.266. The highest BCUT2D eigenvalue weighted by Gasteiger charge is 2.09. The first kappa shape index (κ1) is 13.3. The van der Waals surface area contributed by atoms with Gasteiger partial charge in [-0.3, -0.25) is 0 Å². The summed E-state index contributed by atoms with van der Waals surface area (Å²) in [6.45, 7) is -0.151. The van der Waals surface area contributed by atoms with Crippen LogP contribution in [0, 0.1) is 5.82 Å². The number of rotatable bonds is 4. The van der Waals surface area contributed by atoms with Gasteiger partial charge in [-0.1, -0.05) is 29.4 Å². The number of benzene rings is 1. The van der Waals surface area contributed by atoms with Gasteiger partial charge in [-0.05, 0) is 17.7 Å². The van der Waals surface area contributed by atoms with Gasteiger partial charge in [0.05, 0.1) is 0 Å². The van der Waals surface area contributed by atoms with Crippen molar-refractivity contribution < 1.29 is 9.50 Å². The van der Waals surface area contributed by atoms with E-state index in [1.54, 1.807) is 17.7 Å². The van der Waals surface area contributed by atoms with Gasteiger partial charge < -0.3 is 9.67 Å². The molecule has 0 spiro atoms. The zero-order valence-electron chi connectivity index (χ0n) is 9.60. The van der Waals surface area contributed by atoms with Gasteiger partial charge in [0.25, 0.3) is 0 Å². The number of halogens is 2. The van der Waals surface area contributed by atoms with Crippen LogP contribution in [0.1, 0.15) is 11.4 Å². The number of thioether (sulfide) groups is 1. The van der Waals surface area contributed by atoms with E-state index >= 15 is 0 Å². The number of aliphatic hydroxyl groups is 1. The normalized spacial score (nSPS) is 10.9. The SMILES string of the molecule is Cn1c(CO)nnc1SCc1ccc(F)cc1Cl. The van der Waals surface area contributed by atoms with Crippen LogP contribution in [-0.4, -0.2) is 19.9 Å². The van der Waals surface area contributed by atoms with E-state index < -0.39 is 0 Å². The quantitative estimate of drug-likeness (QED) is 0.877. The van der Waals surface area contributed by atoms with E-state index in [9.17, 15) is 4.39 Å². The highest BCUT2D eigenvalue weighted by atomic mass is 35.5. The maximum atomic E-state index is 12.9. The molecule has 2 aromatic rings. The van der Waals surface area contributed by atoms with Gasteiger partial charge in [-0.15, -0.1) is 10.2 Å². The summed E-state index contributed by atoms with van der Waals surface area (Å²) in [5.74, 6) is 0.717. The predicted octanol–water partition coefficient (Wildman–Crippen LogP) is 2.39. The van der Waals surface area contributed by atoms with Gasteiger partial charge in [0.1, 0.15) is 12.4 Å². The summed E-state index contributed by atoms with van der Waals surface area (Å²) in [7, 11) is 1.78. The fourth-order valence-corrected chi connectivity index (χ4v) is 2.64. The first-order chi connectivity index (χ1) is 8.61. The molecule has 0 amide bonds. The number of hydrogen-bond donors (Lipinski definition) is 1. The van der Waals surface area contributed by atoms with Gasteiger partial charge in [0.15, 0.2) is 11.0 Å². The van der Waals surface area contributed by atoms with Crippen molar-refractivity contribution in [2.24, 2.45) is 7.05 Å². The van der Waals surface area contributed by atoms with Crippen molar-refractivity contribution in [3.05, 3.63) is 40.4 Å². The van der Waals surface area contributed by atoms with Crippen LogP contribution in [0.25, 0.3) is 0 Å². The lowest BCUT2D eigenvalue weighted by atomic mass is 10.2. The van der Waals surface area contributed by atoms with E-state index in [4.69, 9.17) is 16.7 Å². The molecule has 1 heterocycles. The van der Waals surface area contributed by atoms with Crippen molar-refractivity contribution >= 4 is 23.4 Å². The Morgan fingerprint density at radius 3 is 2.83 bits per heavy atom. The number of aliphatic hydroxyl groups excluding tert-OH is 1. The van der Waals surface area contributed by atoms with Gasteiger partial charge in [0, 0.05) is 17.8 Å². The second-order valence-corrected chi connectivity index (χ2v) is 4.99. The Labute approximate surface area is 113 Å². The predicted molar refractivity (Wildman–Crippen MR) is 67.9 cm³/mol. The zero-order valence-corrected chi connectivity index (χ0v) is 11.2. The largest absolute Gasteiger partial charge is 0.388 e. The molecular weight excluding hydrogens is 277 g/mol. The third kappa shape index (κ3) is 2.82. The molecule has 0 fully saturated rings. The Morgan fingerprint density at radius 1 is 1.44 bits per heavy atom. The summed E-state index contributed by atoms with van der Waals surface area (Å²) in [5, 5.41) is 17.9. The summed E-state index contributed by atoms with van der Waals surface area (Å²) < 4.78 is 14.6. The molecule has 2 rings (SSSR count). The first-order valence-electron chi connectivity index (χ1n) is 5.17. The molecule has 1 aromatic carbocycles. The van der Waals surface area contributed by atoms with Gasteiger partial charge in [-0.2, -0.15) is 0 Å². The fourth-order valence-electron chi connectivity index (χ4n) is 1.39. The van der Waals surface area contributed by atoms with Crippen molar-refractivity contribution in [2.75, 3.05) is 0 Å². The Hall–Kier alpha value is -1.11. The van der Waals surface area contributed by atoms with Gasteiger partial charge >= 0.3 is 0 Å². The highest BCUT2D eigenvalue weighted by molar-refractivity contribution is 7.98. The van der Waals surface area contributed by atoms with Crippen LogP contribution in [0.4, 0.5) is 4.39 Å². The number of hydrogen-bond acceptors (Lipinski definition) is 4.